The lowest BCUT2D eigenvalue weighted by atomic mass is 10.1. The summed E-state index contributed by atoms with van der Waals surface area (Å²) in [6, 6.07) is 8.57. The summed E-state index contributed by atoms with van der Waals surface area (Å²) in [7, 11) is 0. The number of benzene rings is 1. The number of halogens is 3. The van der Waals surface area contributed by atoms with Crippen molar-refractivity contribution in [1.29, 1.82) is 0 Å². The molecule has 12 heavy (non-hydrogen) atoms. The second-order valence-corrected chi connectivity index (χ2v) is 6.55. The minimum Gasteiger partial charge on any atom is -0.0876 e. The molecule has 3 heteroatoms. The molecule has 0 atom stereocenters. The summed E-state index contributed by atoms with van der Waals surface area (Å²) in [6.07, 6.45) is 1.01. The van der Waals surface area contributed by atoms with Crippen LogP contribution >= 0.6 is 47.8 Å². The van der Waals surface area contributed by atoms with E-state index in [1.165, 1.54) is 11.1 Å². The van der Waals surface area contributed by atoms with Crippen LogP contribution in [0.5, 0.6) is 0 Å². The highest BCUT2D eigenvalue weighted by molar-refractivity contribution is 9.24. The van der Waals surface area contributed by atoms with Gasteiger partial charge in [0.15, 0.2) is 0 Å². The minimum absolute atomic E-state index is 0.371. The standard InChI is InChI=1S/C9H9Br3/c10-6-8-3-1-2-7(4-8)5-9(11)12/h1-4,9H,5-6H2. The highest BCUT2D eigenvalue weighted by Crippen LogP contribution is 2.17. The van der Waals surface area contributed by atoms with Crippen LogP contribution < -0.4 is 0 Å². The van der Waals surface area contributed by atoms with Gasteiger partial charge in [0, 0.05) is 5.33 Å². The van der Waals surface area contributed by atoms with Crippen molar-refractivity contribution >= 4 is 47.8 Å². The predicted octanol–water partition coefficient (Wildman–Crippen LogP) is 4.24. The molecule has 0 saturated carbocycles. The number of hydrogen-bond acceptors (Lipinski definition) is 0. The van der Waals surface area contributed by atoms with Crippen LogP contribution in [0.1, 0.15) is 11.1 Å². The molecule has 0 fully saturated rings. The maximum absolute atomic E-state index is 3.46. The SMILES string of the molecule is BrCc1cccc(CC(Br)Br)c1. The van der Waals surface area contributed by atoms with E-state index in [0.717, 1.165) is 11.8 Å². The lowest BCUT2D eigenvalue weighted by Gasteiger charge is -2.03. The Labute approximate surface area is 98.1 Å². The molecule has 66 valence electrons. The zero-order valence-corrected chi connectivity index (χ0v) is 11.2. The third-order valence-electron chi connectivity index (χ3n) is 1.54. The van der Waals surface area contributed by atoms with Crippen LogP contribution in [0.2, 0.25) is 0 Å². The van der Waals surface area contributed by atoms with E-state index < -0.39 is 0 Å². The second kappa shape index (κ2) is 5.40. The normalized spacial score (nSPS) is 10.7. The molecule has 1 aromatic carbocycles. The maximum atomic E-state index is 3.46. The van der Waals surface area contributed by atoms with Crippen molar-refractivity contribution in [3.8, 4) is 0 Å². The fourth-order valence-corrected chi connectivity index (χ4v) is 2.11. The van der Waals surface area contributed by atoms with Crippen molar-refractivity contribution < 1.29 is 0 Å². The highest BCUT2D eigenvalue weighted by atomic mass is 79.9. The van der Waals surface area contributed by atoms with Gasteiger partial charge in [0.25, 0.3) is 0 Å². The molecule has 0 saturated heterocycles. The highest BCUT2D eigenvalue weighted by Gasteiger charge is 2.00. The third-order valence-corrected chi connectivity index (χ3v) is 2.83. The summed E-state index contributed by atoms with van der Waals surface area (Å²) >= 11 is 10.4. The van der Waals surface area contributed by atoms with Crippen molar-refractivity contribution in [2.75, 3.05) is 0 Å². The van der Waals surface area contributed by atoms with Gasteiger partial charge in [-0.15, -0.1) is 0 Å². The average Bonchev–Trinajstić information content (AvgIpc) is 2.03. The van der Waals surface area contributed by atoms with Gasteiger partial charge in [-0.05, 0) is 17.5 Å². The summed E-state index contributed by atoms with van der Waals surface area (Å²) in [5, 5.41) is 0.927. The van der Waals surface area contributed by atoms with Crippen molar-refractivity contribution in [2.24, 2.45) is 0 Å². The molecular formula is C9H9Br3. The van der Waals surface area contributed by atoms with Crippen LogP contribution in [-0.2, 0) is 11.8 Å². The molecule has 0 bridgehead atoms. The molecule has 0 aliphatic heterocycles. The quantitative estimate of drug-likeness (QED) is 0.711. The first kappa shape index (κ1) is 10.7. The van der Waals surface area contributed by atoms with E-state index in [0.29, 0.717) is 3.74 Å². The van der Waals surface area contributed by atoms with Crippen LogP contribution in [0.4, 0.5) is 0 Å². The van der Waals surface area contributed by atoms with Crippen LogP contribution in [-0.4, -0.2) is 3.74 Å². The van der Waals surface area contributed by atoms with Crippen LogP contribution in [0.25, 0.3) is 0 Å². The largest absolute Gasteiger partial charge is 0.0876 e. The fraction of sp³-hybridized carbons (Fsp3) is 0.333. The molecule has 0 unspecified atom stereocenters. The number of rotatable bonds is 3. The molecule has 0 aromatic heterocycles. The van der Waals surface area contributed by atoms with E-state index in [-0.39, 0.29) is 0 Å². The van der Waals surface area contributed by atoms with Gasteiger partial charge in [0.1, 0.15) is 0 Å². The number of alkyl halides is 3. The molecule has 0 heterocycles. The molecule has 0 radical (unpaired) electrons. The van der Waals surface area contributed by atoms with Crippen molar-refractivity contribution in [3.63, 3.8) is 0 Å². The van der Waals surface area contributed by atoms with Gasteiger partial charge in [-0.25, -0.2) is 0 Å². The minimum atomic E-state index is 0.371. The Kier molecular flexibility index (Phi) is 4.84. The van der Waals surface area contributed by atoms with Crippen molar-refractivity contribution in [1.82, 2.24) is 0 Å². The predicted molar refractivity (Wildman–Crippen MR) is 64.4 cm³/mol. The maximum Gasteiger partial charge on any atom is 0.0738 e. The van der Waals surface area contributed by atoms with Gasteiger partial charge in [-0.1, -0.05) is 72.1 Å². The van der Waals surface area contributed by atoms with E-state index in [1.807, 2.05) is 0 Å². The first-order valence-electron chi connectivity index (χ1n) is 3.64. The van der Waals surface area contributed by atoms with Crippen LogP contribution in [0.3, 0.4) is 0 Å². The molecule has 0 aliphatic rings. The van der Waals surface area contributed by atoms with Gasteiger partial charge < -0.3 is 0 Å². The van der Waals surface area contributed by atoms with Gasteiger partial charge in [0.2, 0.25) is 0 Å². The van der Waals surface area contributed by atoms with Gasteiger partial charge >= 0.3 is 0 Å². The molecule has 0 spiro atoms. The number of hydrogen-bond donors (Lipinski definition) is 0. The average molecular weight is 357 g/mol. The van der Waals surface area contributed by atoms with E-state index >= 15 is 0 Å². The van der Waals surface area contributed by atoms with E-state index in [1.54, 1.807) is 0 Å². The Bertz CT molecular complexity index is 245. The van der Waals surface area contributed by atoms with Crippen molar-refractivity contribution in [3.05, 3.63) is 35.4 Å². The Morgan fingerprint density at radius 1 is 1.17 bits per heavy atom. The summed E-state index contributed by atoms with van der Waals surface area (Å²) in [5.74, 6) is 0. The first-order valence-corrected chi connectivity index (χ1v) is 6.59. The Balaban J connectivity index is 2.72. The van der Waals surface area contributed by atoms with Crippen LogP contribution in [0.15, 0.2) is 24.3 Å². The molecular weight excluding hydrogens is 348 g/mol. The summed E-state index contributed by atoms with van der Waals surface area (Å²) < 4.78 is 0.371. The third kappa shape index (κ3) is 3.58. The molecule has 0 nitrogen and oxygen atoms in total. The monoisotopic (exact) mass is 354 g/mol. The zero-order chi connectivity index (χ0) is 8.97. The molecule has 0 amide bonds. The fourth-order valence-electron chi connectivity index (χ4n) is 1.02. The Morgan fingerprint density at radius 3 is 2.42 bits per heavy atom. The van der Waals surface area contributed by atoms with Gasteiger partial charge in [-0.3, -0.25) is 0 Å². The lowest BCUT2D eigenvalue weighted by Crippen LogP contribution is -1.93. The van der Waals surface area contributed by atoms with E-state index in [9.17, 15) is 0 Å². The van der Waals surface area contributed by atoms with Gasteiger partial charge in [-0.2, -0.15) is 0 Å². The molecule has 0 aliphatic carbocycles. The van der Waals surface area contributed by atoms with E-state index in [4.69, 9.17) is 0 Å². The van der Waals surface area contributed by atoms with Crippen LogP contribution in [0, 0.1) is 0 Å². The first-order chi connectivity index (χ1) is 5.72. The molecule has 0 N–H and O–H groups in total. The smallest absolute Gasteiger partial charge is 0.0738 e. The molecule has 1 rings (SSSR count). The topological polar surface area (TPSA) is 0 Å². The van der Waals surface area contributed by atoms with Gasteiger partial charge in [0.05, 0.1) is 3.74 Å². The second-order valence-electron chi connectivity index (χ2n) is 2.55. The zero-order valence-electron chi connectivity index (χ0n) is 6.43. The van der Waals surface area contributed by atoms with E-state index in [2.05, 4.69) is 72.1 Å². The van der Waals surface area contributed by atoms with Crippen molar-refractivity contribution in [2.45, 2.75) is 15.5 Å². The summed E-state index contributed by atoms with van der Waals surface area (Å²) in [5.41, 5.74) is 2.68. The lowest BCUT2D eigenvalue weighted by molar-refractivity contribution is 1.12. The Morgan fingerprint density at radius 2 is 1.83 bits per heavy atom. The summed E-state index contributed by atoms with van der Waals surface area (Å²) in [4.78, 5) is 0. The Hall–Kier alpha value is 0.660. The summed E-state index contributed by atoms with van der Waals surface area (Å²) in [6.45, 7) is 0. The molecule has 1 aromatic rings.